The van der Waals surface area contributed by atoms with Gasteiger partial charge in [0.05, 0.1) is 36.0 Å². The third kappa shape index (κ3) is 10.6. The number of carbonyl (C=O) groups excluding carboxylic acids is 3. The number of amides is 5. The summed E-state index contributed by atoms with van der Waals surface area (Å²) in [4.78, 5) is 43.3. The lowest BCUT2D eigenvalue weighted by molar-refractivity contribution is -0.137. The van der Waals surface area contributed by atoms with Gasteiger partial charge in [-0.1, -0.05) is 12.1 Å². The van der Waals surface area contributed by atoms with Crippen molar-refractivity contribution in [3.8, 4) is 5.75 Å². The van der Waals surface area contributed by atoms with Gasteiger partial charge in [0.1, 0.15) is 17.1 Å². The number of aliphatic hydroxyl groups excluding tert-OH is 1. The third-order valence-corrected chi connectivity index (χ3v) is 8.85. The van der Waals surface area contributed by atoms with E-state index in [-0.39, 0.29) is 43.0 Å². The van der Waals surface area contributed by atoms with E-state index in [0.717, 1.165) is 18.6 Å². The van der Waals surface area contributed by atoms with Gasteiger partial charge in [0.15, 0.2) is 5.76 Å². The summed E-state index contributed by atoms with van der Waals surface area (Å²) in [5.41, 5.74) is 0.804. The molecular formula is C36H47F3N6O7. The number of fused-ring (bicyclic) bond motifs is 1. The maximum atomic E-state index is 14.4. The average Bonchev–Trinajstić information content (AvgIpc) is 3.41. The van der Waals surface area contributed by atoms with E-state index >= 15 is 0 Å². The summed E-state index contributed by atoms with van der Waals surface area (Å²) in [6.07, 6.45) is -3.21. The number of halogens is 3. The summed E-state index contributed by atoms with van der Waals surface area (Å²) in [7, 11) is 1.55. The minimum atomic E-state index is -4.50. The van der Waals surface area contributed by atoms with Gasteiger partial charge >= 0.3 is 18.2 Å². The molecule has 5 amide bonds. The van der Waals surface area contributed by atoms with E-state index in [1.54, 1.807) is 40.0 Å². The SMILES string of the molecule is Cc1noc(C)c1NC(=O)Nc1ccc2c(c1)C(=O)N([C@@H](C)CO)C[C@H](C)[C@@H](CN(C)C(=O)Nc1ccc(C(F)(F)F)cc1)OCCCC[C@H](C)O2. The van der Waals surface area contributed by atoms with Gasteiger partial charge in [-0.2, -0.15) is 13.2 Å². The number of urea groups is 2. The summed E-state index contributed by atoms with van der Waals surface area (Å²) in [6.45, 7) is 9.10. The maximum Gasteiger partial charge on any atom is 0.416 e. The Kier molecular flexibility index (Phi) is 13.5. The number of aromatic nitrogens is 1. The van der Waals surface area contributed by atoms with Crippen LogP contribution in [0.1, 0.15) is 67.4 Å². The summed E-state index contributed by atoms with van der Waals surface area (Å²) in [5.74, 6) is -0.0471. The van der Waals surface area contributed by atoms with Crippen molar-refractivity contribution in [3.05, 3.63) is 65.0 Å². The van der Waals surface area contributed by atoms with Gasteiger partial charge < -0.3 is 44.9 Å². The average molecular weight is 733 g/mol. The molecular weight excluding hydrogens is 685 g/mol. The molecule has 2 heterocycles. The zero-order valence-electron chi connectivity index (χ0n) is 30.2. The van der Waals surface area contributed by atoms with Gasteiger partial charge in [-0.15, -0.1) is 0 Å². The molecule has 0 unspecified atom stereocenters. The van der Waals surface area contributed by atoms with Crippen LogP contribution in [-0.2, 0) is 10.9 Å². The zero-order valence-corrected chi connectivity index (χ0v) is 30.2. The highest BCUT2D eigenvalue weighted by Crippen LogP contribution is 2.31. The molecule has 16 heteroatoms. The van der Waals surface area contributed by atoms with E-state index in [1.807, 2.05) is 13.8 Å². The molecule has 284 valence electrons. The van der Waals surface area contributed by atoms with E-state index in [0.29, 0.717) is 48.0 Å². The van der Waals surface area contributed by atoms with Crippen LogP contribution in [0.15, 0.2) is 47.0 Å². The third-order valence-electron chi connectivity index (χ3n) is 8.85. The molecule has 13 nitrogen and oxygen atoms in total. The fourth-order valence-electron chi connectivity index (χ4n) is 5.71. The number of nitrogens with zero attached hydrogens (tertiary/aromatic N) is 3. The number of hydrogen-bond donors (Lipinski definition) is 4. The number of aliphatic hydroxyl groups is 1. The minimum absolute atomic E-state index is 0.105. The number of benzene rings is 2. The zero-order chi connectivity index (χ0) is 38.2. The Balaban J connectivity index is 1.56. The highest BCUT2D eigenvalue weighted by molar-refractivity contribution is 6.03. The molecule has 2 aromatic carbocycles. The van der Waals surface area contributed by atoms with Gasteiger partial charge in [-0.3, -0.25) is 4.79 Å². The lowest BCUT2D eigenvalue weighted by Gasteiger charge is -2.35. The largest absolute Gasteiger partial charge is 0.490 e. The van der Waals surface area contributed by atoms with E-state index < -0.39 is 41.9 Å². The lowest BCUT2D eigenvalue weighted by atomic mass is 10.0. The first-order chi connectivity index (χ1) is 24.6. The second kappa shape index (κ2) is 17.6. The molecule has 0 saturated carbocycles. The molecule has 3 aromatic rings. The smallest absolute Gasteiger partial charge is 0.416 e. The van der Waals surface area contributed by atoms with E-state index in [2.05, 4.69) is 21.1 Å². The highest BCUT2D eigenvalue weighted by Gasteiger charge is 2.32. The van der Waals surface area contributed by atoms with Crippen LogP contribution < -0.4 is 20.7 Å². The van der Waals surface area contributed by atoms with Crippen LogP contribution >= 0.6 is 0 Å². The molecule has 4 rings (SSSR count). The number of carbonyl (C=O) groups is 3. The summed E-state index contributed by atoms with van der Waals surface area (Å²) in [5, 5.41) is 22.1. The molecule has 1 aromatic heterocycles. The molecule has 0 bridgehead atoms. The lowest BCUT2D eigenvalue weighted by Crippen LogP contribution is -2.48. The number of alkyl halides is 3. The topological polar surface area (TPSA) is 158 Å². The van der Waals surface area contributed by atoms with Crippen LogP contribution in [-0.4, -0.2) is 89.6 Å². The first-order valence-corrected chi connectivity index (χ1v) is 17.1. The number of hydrogen-bond acceptors (Lipinski definition) is 8. The van der Waals surface area contributed by atoms with Crippen LogP contribution in [0.3, 0.4) is 0 Å². The Labute approximate surface area is 300 Å². The number of nitrogens with one attached hydrogen (secondary N) is 3. The number of rotatable bonds is 7. The van der Waals surface area contributed by atoms with Crippen LogP contribution in [0.4, 0.5) is 39.8 Å². The van der Waals surface area contributed by atoms with Gasteiger partial charge in [-0.25, -0.2) is 9.59 Å². The molecule has 1 aliphatic rings. The summed E-state index contributed by atoms with van der Waals surface area (Å²) in [6, 6.07) is 7.19. The van der Waals surface area contributed by atoms with Crippen molar-refractivity contribution in [2.24, 2.45) is 5.92 Å². The molecule has 0 fully saturated rings. The second-order valence-electron chi connectivity index (χ2n) is 13.2. The molecule has 0 aliphatic carbocycles. The highest BCUT2D eigenvalue weighted by atomic mass is 19.4. The van der Waals surface area contributed by atoms with Crippen molar-refractivity contribution in [1.82, 2.24) is 15.0 Å². The van der Waals surface area contributed by atoms with Crippen molar-refractivity contribution < 1.29 is 46.7 Å². The first-order valence-electron chi connectivity index (χ1n) is 17.1. The Bertz CT molecular complexity index is 1660. The molecule has 4 N–H and O–H groups in total. The number of likely N-dealkylation sites (N-methyl/N-ethyl adjacent to an activating group) is 1. The minimum Gasteiger partial charge on any atom is -0.490 e. The fraction of sp³-hybridized carbons (Fsp3) is 0.500. The quantitative estimate of drug-likeness (QED) is 0.204. The van der Waals surface area contributed by atoms with Gasteiger partial charge in [0.2, 0.25) is 0 Å². The predicted octanol–water partition coefficient (Wildman–Crippen LogP) is 6.91. The molecule has 4 atom stereocenters. The fourth-order valence-corrected chi connectivity index (χ4v) is 5.71. The van der Waals surface area contributed by atoms with E-state index in [1.165, 1.54) is 28.0 Å². The van der Waals surface area contributed by atoms with Gasteiger partial charge in [0.25, 0.3) is 5.91 Å². The second-order valence-corrected chi connectivity index (χ2v) is 13.2. The van der Waals surface area contributed by atoms with Crippen molar-refractivity contribution in [1.29, 1.82) is 0 Å². The molecule has 52 heavy (non-hydrogen) atoms. The Hall–Kier alpha value is -4.83. The monoisotopic (exact) mass is 732 g/mol. The Morgan fingerprint density at radius 2 is 1.75 bits per heavy atom. The normalized spacial score (nSPS) is 19.5. The molecule has 1 aliphatic heterocycles. The Morgan fingerprint density at radius 1 is 1.06 bits per heavy atom. The number of ether oxygens (including phenoxy) is 2. The van der Waals surface area contributed by atoms with Crippen molar-refractivity contribution in [2.75, 3.05) is 49.3 Å². The molecule has 0 saturated heterocycles. The Morgan fingerprint density at radius 3 is 2.38 bits per heavy atom. The van der Waals surface area contributed by atoms with Gasteiger partial charge in [0, 0.05) is 44.0 Å². The molecule has 0 spiro atoms. The standard InChI is InChI=1S/C36H47F3N6O7/c1-21-18-45(22(2)20-46)33(47)29-17-28(40-34(48)42-32-24(4)43-52-25(32)5)14-15-30(29)51-23(3)9-7-8-16-50-31(21)19-44(6)35(49)41-27-12-10-26(11-13-27)36(37,38)39/h10-15,17,21-23,31,46H,7-9,16,18-20H2,1-6H3,(H,41,49)(H2,40,42,48)/t21-,22-,23-,31+/m0/s1. The first kappa shape index (κ1) is 39.9. The van der Waals surface area contributed by atoms with Crippen LogP contribution in [0.2, 0.25) is 0 Å². The van der Waals surface area contributed by atoms with Crippen LogP contribution in [0.25, 0.3) is 0 Å². The summed E-state index contributed by atoms with van der Waals surface area (Å²) < 4.78 is 56.6. The van der Waals surface area contributed by atoms with Crippen molar-refractivity contribution >= 4 is 35.0 Å². The maximum absolute atomic E-state index is 14.4. The number of anilines is 3. The summed E-state index contributed by atoms with van der Waals surface area (Å²) >= 11 is 0. The predicted molar refractivity (Wildman–Crippen MR) is 189 cm³/mol. The van der Waals surface area contributed by atoms with Gasteiger partial charge in [-0.05, 0) is 89.4 Å². The van der Waals surface area contributed by atoms with E-state index in [9.17, 15) is 32.7 Å². The van der Waals surface area contributed by atoms with Crippen LogP contribution in [0.5, 0.6) is 5.75 Å². The number of aryl methyl sites for hydroxylation is 2. The van der Waals surface area contributed by atoms with Crippen molar-refractivity contribution in [3.63, 3.8) is 0 Å². The van der Waals surface area contributed by atoms with Crippen LogP contribution in [0, 0.1) is 19.8 Å². The molecule has 0 radical (unpaired) electrons. The van der Waals surface area contributed by atoms with E-state index in [4.69, 9.17) is 14.0 Å². The van der Waals surface area contributed by atoms with Crippen molar-refractivity contribution in [2.45, 2.75) is 78.3 Å².